The molecule has 154 valence electrons. The Hall–Kier alpha value is -2.87. The minimum atomic E-state index is -0.523. The monoisotopic (exact) mass is 397 g/mol. The first kappa shape index (κ1) is 19.4. The predicted molar refractivity (Wildman–Crippen MR) is 111 cm³/mol. The summed E-state index contributed by atoms with van der Waals surface area (Å²) in [6.07, 6.45) is 1.20. The molecule has 8 heteroatoms. The Morgan fingerprint density at radius 2 is 1.79 bits per heavy atom. The maximum atomic E-state index is 11.9. The third-order valence-electron chi connectivity index (χ3n) is 4.89. The highest BCUT2D eigenvalue weighted by molar-refractivity contribution is 5.85. The highest BCUT2D eigenvalue weighted by Crippen LogP contribution is 2.32. The van der Waals surface area contributed by atoms with Gasteiger partial charge in [-0.05, 0) is 45.0 Å². The molecule has 0 saturated carbocycles. The van der Waals surface area contributed by atoms with E-state index in [9.17, 15) is 4.79 Å². The van der Waals surface area contributed by atoms with Gasteiger partial charge in [0, 0.05) is 36.6 Å². The molecule has 4 rings (SSSR count). The summed E-state index contributed by atoms with van der Waals surface area (Å²) in [6.45, 7) is 10.2. The maximum absolute atomic E-state index is 11.9. The van der Waals surface area contributed by atoms with Gasteiger partial charge in [-0.3, -0.25) is 5.32 Å². The molecular weight excluding hydrogens is 370 g/mol. The van der Waals surface area contributed by atoms with Gasteiger partial charge >= 0.3 is 6.09 Å². The third kappa shape index (κ3) is 4.59. The molecule has 8 nitrogen and oxygen atoms in total. The predicted octanol–water partition coefficient (Wildman–Crippen LogP) is 3.18. The fraction of sp³-hybridized carbons (Fsp3) is 0.476. The van der Waals surface area contributed by atoms with Crippen LogP contribution in [0.2, 0.25) is 0 Å². The maximum Gasteiger partial charge on any atom is 0.412 e. The van der Waals surface area contributed by atoms with E-state index in [0.29, 0.717) is 5.69 Å². The lowest BCUT2D eigenvalue weighted by Gasteiger charge is -2.29. The number of hydrogen-bond acceptors (Lipinski definition) is 7. The first-order valence-corrected chi connectivity index (χ1v) is 9.89. The quantitative estimate of drug-likeness (QED) is 0.852. The summed E-state index contributed by atoms with van der Waals surface area (Å²) in [4.78, 5) is 25.5. The van der Waals surface area contributed by atoms with Crippen molar-refractivity contribution in [2.45, 2.75) is 39.5 Å². The number of morpholine rings is 1. The first-order valence-electron chi connectivity index (χ1n) is 9.89. The van der Waals surface area contributed by atoms with Gasteiger partial charge in [0.2, 0.25) is 0 Å². The van der Waals surface area contributed by atoms with Crippen LogP contribution in [0, 0.1) is 0 Å². The lowest BCUT2D eigenvalue weighted by molar-refractivity contribution is 0.0636. The van der Waals surface area contributed by atoms with Crippen molar-refractivity contribution in [3.8, 4) is 0 Å². The highest BCUT2D eigenvalue weighted by atomic mass is 16.6. The second-order valence-electron chi connectivity index (χ2n) is 8.25. The Balaban J connectivity index is 1.44. The van der Waals surface area contributed by atoms with E-state index in [0.717, 1.165) is 56.6 Å². The fourth-order valence-electron chi connectivity index (χ4n) is 3.57. The van der Waals surface area contributed by atoms with E-state index in [1.165, 1.54) is 5.56 Å². The molecule has 1 fully saturated rings. The average molecular weight is 397 g/mol. The van der Waals surface area contributed by atoms with E-state index < -0.39 is 11.7 Å². The van der Waals surface area contributed by atoms with Crippen molar-refractivity contribution in [3.63, 3.8) is 0 Å². The van der Waals surface area contributed by atoms with Gasteiger partial charge in [0.1, 0.15) is 17.7 Å². The molecule has 1 N–H and O–H groups in total. The molecule has 0 unspecified atom stereocenters. The van der Waals surface area contributed by atoms with Crippen LogP contribution >= 0.6 is 0 Å². The van der Waals surface area contributed by atoms with Crippen LogP contribution in [-0.2, 0) is 22.6 Å². The van der Waals surface area contributed by atoms with Gasteiger partial charge in [0.15, 0.2) is 0 Å². The van der Waals surface area contributed by atoms with Crippen molar-refractivity contribution in [3.05, 3.63) is 41.9 Å². The van der Waals surface area contributed by atoms with Gasteiger partial charge < -0.3 is 19.3 Å². The zero-order valence-electron chi connectivity index (χ0n) is 17.1. The number of amides is 1. The van der Waals surface area contributed by atoms with E-state index in [-0.39, 0.29) is 0 Å². The van der Waals surface area contributed by atoms with Gasteiger partial charge in [-0.25, -0.2) is 14.8 Å². The zero-order valence-corrected chi connectivity index (χ0v) is 17.1. The summed E-state index contributed by atoms with van der Waals surface area (Å²) in [5, 5.41) is 2.76. The van der Waals surface area contributed by atoms with Crippen molar-refractivity contribution >= 4 is 23.3 Å². The van der Waals surface area contributed by atoms with Crippen LogP contribution in [0.3, 0.4) is 0 Å². The van der Waals surface area contributed by atoms with Gasteiger partial charge in [-0.1, -0.05) is 0 Å². The molecule has 0 bridgehead atoms. The van der Waals surface area contributed by atoms with Crippen LogP contribution in [0.15, 0.2) is 30.6 Å². The van der Waals surface area contributed by atoms with Crippen LogP contribution in [0.4, 0.5) is 22.0 Å². The molecule has 2 aliphatic rings. The topological polar surface area (TPSA) is 79.8 Å². The molecule has 1 aromatic heterocycles. The minimum absolute atomic E-state index is 0.454. The molecule has 0 spiro atoms. The molecule has 0 aliphatic carbocycles. The van der Waals surface area contributed by atoms with Crippen LogP contribution in [0.1, 0.15) is 32.0 Å². The van der Waals surface area contributed by atoms with Crippen molar-refractivity contribution in [2.75, 3.05) is 41.4 Å². The van der Waals surface area contributed by atoms with Gasteiger partial charge in [0.25, 0.3) is 0 Å². The van der Waals surface area contributed by atoms with E-state index >= 15 is 0 Å². The second-order valence-corrected chi connectivity index (χ2v) is 8.25. The number of anilines is 3. The third-order valence-corrected chi connectivity index (χ3v) is 4.89. The molecule has 2 aliphatic heterocycles. The van der Waals surface area contributed by atoms with E-state index in [1.807, 2.05) is 45.0 Å². The van der Waals surface area contributed by atoms with Crippen molar-refractivity contribution in [1.82, 2.24) is 9.97 Å². The van der Waals surface area contributed by atoms with Gasteiger partial charge in [0.05, 0.1) is 25.5 Å². The summed E-state index contributed by atoms with van der Waals surface area (Å²) in [6, 6.07) is 7.77. The summed E-state index contributed by atoms with van der Waals surface area (Å²) in [5.41, 5.74) is 3.51. The van der Waals surface area contributed by atoms with Crippen LogP contribution < -0.4 is 15.1 Å². The van der Waals surface area contributed by atoms with Gasteiger partial charge in [-0.15, -0.1) is 0 Å². The normalized spacial score (nSPS) is 16.5. The number of rotatable bonds is 3. The van der Waals surface area contributed by atoms with Crippen molar-refractivity contribution in [2.24, 2.45) is 0 Å². The molecule has 1 aromatic carbocycles. The number of nitrogens with one attached hydrogen (secondary N) is 1. The summed E-state index contributed by atoms with van der Waals surface area (Å²) >= 11 is 0. The number of hydrogen-bond donors (Lipinski definition) is 1. The largest absolute Gasteiger partial charge is 0.444 e. The Bertz CT molecular complexity index is 873. The van der Waals surface area contributed by atoms with E-state index in [1.54, 1.807) is 6.33 Å². The Morgan fingerprint density at radius 3 is 2.48 bits per heavy atom. The Kier molecular flexibility index (Phi) is 5.27. The lowest BCUT2D eigenvalue weighted by Crippen LogP contribution is -2.37. The summed E-state index contributed by atoms with van der Waals surface area (Å²) in [5.74, 6) is 1.02. The summed E-state index contributed by atoms with van der Waals surface area (Å²) < 4.78 is 10.8. The molecule has 29 heavy (non-hydrogen) atoms. The van der Waals surface area contributed by atoms with E-state index in [4.69, 9.17) is 9.47 Å². The number of aromatic nitrogens is 2. The number of nitrogens with zero attached hydrogens (tertiary/aromatic N) is 4. The Morgan fingerprint density at radius 1 is 1.07 bits per heavy atom. The average Bonchev–Trinajstić information content (AvgIpc) is 3.12. The molecular formula is C21H27N5O3. The Labute approximate surface area is 170 Å². The molecule has 0 atom stereocenters. The number of carbonyl (C=O) groups excluding carboxylic acids is 1. The zero-order chi connectivity index (χ0) is 20.4. The highest BCUT2D eigenvalue weighted by Gasteiger charge is 2.27. The van der Waals surface area contributed by atoms with Crippen LogP contribution in [0.5, 0.6) is 0 Å². The van der Waals surface area contributed by atoms with Crippen molar-refractivity contribution in [1.29, 1.82) is 0 Å². The molecule has 1 saturated heterocycles. The number of fused-ring (bicyclic) bond motifs is 1. The van der Waals surface area contributed by atoms with Gasteiger partial charge in [-0.2, -0.15) is 0 Å². The molecule has 3 heterocycles. The second kappa shape index (κ2) is 7.87. The van der Waals surface area contributed by atoms with Crippen molar-refractivity contribution < 1.29 is 14.3 Å². The minimum Gasteiger partial charge on any atom is -0.444 e. The standard InChI is InChI=1S/C21H27N5O3/c1-21(2,3)29-20(27)24-15-4-6-16(7-5-15)26-12-17-18(13-26)22-14-23-19(17)25-8-10-28-11-9-25/h4-7,14H,8-13H2,1-3H3,(H,24,27). The first-order chi connectivity index (χ1) is 13.9. The SMILES string of the molecule is CC(C)(C)OC(=O)Nc1ccc(N2Cc3ncnc(N4CCOCC4)c3C2)cc1. The van der Waals surface area contributed by atoms with Crippen LogP contribution in [-0.4, -0.2) is 48.0 Å². The number of benzene rings is 1. The van der Waals surface area contributed by atoms with E-state index in [2.05, 4.69) is 25.1 Å². The lowest BCUT2D eigenvalue weighted by atomic mass is 10.2. The fourth-order valence-corrected chi connectivity index (χ4v) is 3.57. The smallest absolute Gasteiger partial charge is 0.412 e. The molecule has 2 aromatic rings. The number of ether oxygens (including phenoxy) is 2. The molecule has 1 amide bonds. The summed E-state index contributed by atoms with van der Waals surface area (Å²) in [7, 11) is 0. The van der Waals surface area contributed by atoms with Crippen LogP contribution in [0.25, 0.3) is 0 Å². The molecule has 0 radical (unpaired) electrons. The number of carbonyl (C=O) groups is 1.